The number of carbonyl (C=O) groups excluding carboxylic acids is 1. The Kier molecular flexibility index (Phi) is 6.50. The lowest BCUT2D eigenvalue weighted by Crippen LogP contribution is -2.67. The van der Waals surface area contributed by atoms with Crippen LogP contribution in [0.5, 0.6) is 5.75 Å². The third-order valence-corrected chi connectivity index (χ3v) is 11.2. The molecule has 168 valence electrons. The van der Waals surface area contributed by atoms with Crippen molar-refractivity contribution in [2.75, 3.05) is 7.11 Å². The van der Waals surface area contributed by atoms with Crippen molar-refractivity contribution >= 4 is 30.6 Å². The molecule has 33 heavy (non-hydrogen) atoms. The highest BCUT2D eigenvalue weighted by Gasteiger charge is 2.52. The van der Waals surface area contributed by atoms with Gasteiger partial charge in [-0.05, 0) is 51.3 Å². The van der Waals surface area contributed by atoms with Gasteiger partial charge in [-0.2, -0.15) is 0 Å². The Labute approximate surface area is 197 Å². The predicted octanol–water partition coefficient (Wildman–Crippen LogP) is 5.16. The molecule has 1 unspecified atom stereocenters. The molecule has 0 bridgehead atoms. The number of hydrogen-bond donors (Lipinski definition) is 0. The fraction of sp³-hybridized carbons (Fsp3) is 0.207. The average molecular weight is 455 g/mol. The van der Waals surface area contributed by atoms with Crippen LogP contribution in [-0.4, -0.2) is 27.3 Å². The Morgan fingerprint density at radius 2 is 1.36 bits per heavy atom. The summed E-state index contributed by atoms with van der Waals surface area (Å²) in [7, 11) is -1.14. The lowest BCUT2D eigenvalue weighted by Gasteiger charge is -2.44. The van der Waals surface area contributed by atoms with Crippen LogP contribution in [0.15, 0.2) is 103 Å². The van der Waals surface area contributed by atoms with Gasteiger partial charge in [0.05, 0.1) is 13.2 Å². The summed E-state index contributed by atoms with van der Waals surface area (Å²) in [4.78, 5) is 12.9. The number of benzene rings is 3. The lowest BCUT2D eigenvalue weighted by molar-refractivity contribution is -0.111. The van der Waals surface area contributed by atoms with E-state index in [9.17, 15) is 4.79 Å². The fourth-order valence-electron chi connectivity index (χ4n) is 4.53. The molecule has 1 aliphatic carbocycles. The first kappa shape index (κ1) is 23.0. The average Bonchev–Trinajstić information content (AvgIpc) is 3.17. The van der Waals surface area contributed by atoms with Crippen molar-refractivity contribution in [3.05, 3.63) is 108 Å². The molecule has 0 saturated heterocycles. The van der Waals surface area contributed by atoms with Gasteiger partial charge in [-0.1, -0.05) is 93.6 Å². The molecule has 0 aliphatic heterocycles. The number of allylic oxidation sites excluding steroid dienone is 1. The van der Waals surface area contributed by atoms with E-state index in [1.807, 2.05) is 48.6 Å². The van der Waals surface area contributed by atoms with E-state index in [2.05, 4.69) is 69.3 Å². The molecule has 0 aromatic heterocycles. The Morgan fingerprint density at radius 3 is 1.85 bits per heavy atom. The summed E-state index contributed by atoms with van der Waals surface area (Å²) < 4.78 is 12.4. The smallest absolute Gasteiger partial charge is 0.262 e. The van der Waals surface area contributed by atoms with Crippen LogP contribution in [0.3, 0.4) is 0 Å². The van der Waals surface area contributed by atoms with Crippen LogP contribution >= 0.6 is 0 Å². The Hall–Kier alpha value is -3.21. The lowest BCUT2D eigenvalue weighted by atomic mass is 10.1. The topological polar surface area (TPSA) is 35.5 Å². The summed E-state index contributed by atoms with van der Waals surface area (Å²) in [5, 5.41) is 2.22. The molecule has 0 heterocycles. The third-order valence-electron chi connectivity index (χ3n) is 6.17. The van der Waals surface area contributed by atoms with Gasteiger partial charge in [0.25, 0.3) is 8.32 Å². The normalized spacial score (nSPS) is 17.5. The first-order valence-corrected chi connectivity index (χ1v) is 13.1. The van der Waals surface area contributed by atoms with Gasteiger partial charge in [0.2, 0.25) is 0 Å². The van der Waals surface area contributed by atoms with Crippen molar-refractivity contribution in [1.29, 1.82) is 0 Å². The zero-order valence-corrected chi connectivity index (χ0v) is 20.6. The van der Waals surface area contributed by atoms with E-state index in [-0.39, 0.29) is 10.8 Å². The number of ether oxygens (including phenoxy) is 1. The molecule has 0 spiro atoms. The van der Waals surface area contributed by atoms with Gasteiger partial charge in [-0.15, -0.1) is 0 Å². The van der Waals surface area contributed by atoms with Gasteiger partial charge in [0, 0.05) is 5.57 Å². The van der Waals surface area contributed by atoms with Gasteiger partial charge < -0.3 is 9.16 Å². The molecule has 0 amide bonds. The minimum Gasteiger partial charge on any atom is -0.497 e. The number of methoxy groups -OCH3 is 1. The van der Waals surface area contributed by atoms with Gasteiger partial charge in [-0.3, -0.25) is 4.79 Å². The zero-order valence-electron chi connectivity index (χ0n) is 19.6. The maximum absolute atomic E-state index is 12.9. The number of hydrogen-bond acceptors (Lipinski definition) is 3. The van der Waals surface area contributed by atoms with Crippen molar-refractivity contribution in [3.8, 4) is 5.75 Å². The molecule has 0 N–H and O–H groups in total. The molecular weight excluding hydrogens is 424 g/mol. The summed E-state index contributed by atoms with van der Waals surface area (Å²) in [5.41, 5.74) is 1.60. The predicted molar refractivity (Wildman–Crippen MR) is 138 cm³/mol. The summed E-state index contributed by atoms with van der Waals surface area (Å²) in [6, 6.07) is 28.7. The summed E-state index contributed by atoms with van der Waals surface area (Å²) in [5.74, 6) is 0.780. The molecule has 1 atom stereocenters. The van der Waals surface area contributed by atoms with Gasteiger partial charge in [0.1, 0.15) is 5.75 Å². The molecule has 4 heteroatoms. The van der Waals surface area contributed by atoms with E-state index in [1.54, 1.807) is 13.2 Å². The molecule has 3 nitrogen and oxygen atoms in total. The molecule has 1 aliphatic rings. The van der Waals surface area contributed by atoms with Crippen LogP contribution in [0.4, 0.5) is 0 Å². The van der Waals surface area contributed by atoms with E-state index in [0.29, 0.717) is 5.57 Å². The first-order valence-electron chi connectivity index (χ1n) is 11.2. The minimum atomic E-state index is -2.78. The van der Waals surface area contributed by atoms with Gasteiger partial charge >= 0.3 is 0 Å². The quantitative estimate of drug-likeness (QED) is 0.381. The van der Waals surface area contributed by atoms with Crippen molar-refractivity contribution < 1.29 is 14.0 Å². The van der Waals surface area contributed by atoms with E-state index in [0.717, 1.165) is 11.3 Å². The molecule has 4 rings (SSSR count). The standard InChI is InChI=1S/C29H30O3Si/c1-29(2,3)33(24-11-7-5-8-12-24,25-13-9-6-10-14-25)32-28-20-19-27(30)26(28)21-22-15-17-23(31-4)18-16-22/h5-21,28H,1-4H3. The van der Waals surface area contributed by atoms with Crippen LogP contribution < -0.4 is 15.1 Å². The molecule has 0 saturated carbocycles. The van der Waals surface area contributed by atoms with E-state index in [1.165, 1.54) is 10.4 Å². The van der Waals surface area contributed by atoms with Gasteiger partial charge in [0.15, 0.2) is 5.78 Å². The Balaban J connectivity index is 1.82. The minimum absolute atomic E-state index is 0.00579. The molecule has 0 radical (unpaired) electrons. The third kappa shape index (κ3) is 4.50. The first-order chi connectivity index (χ1) is 15.8. The second-order valence-electron chi connectivity index (χ2n) is 9.30. The summed E-state index contributed by atoms with van der Waals surface area (Å²) in [6.07, 6.45) is 5.06. The number of carbonyl (C=O) groups is 1. The maximum atomic E-state index is 12.9. The van der Waals surface area contributed by atoms with Crippen LogP contribution in [-0.2, 0) is 9.22 Å². The second-order valence-corrected chi connectivity index (χ2v) is 13.6. The Bertz CT molecular complexity index is 1120. The monoisotopic (exact) mass is 454 g/mol. The maximum Gasteiger partial charge on any atom is 0.262 e. The van der Waals surface area contributed by atoms with E-state index < -0.39 is 14.4 Å². The molecular formula is C29H30O3Si. The number of rotatable bonds is 6. The fourth-order valence-corrected chi connectivity index (χ4v) is 9.13. The van der Waals surface area contributed by atoms with Crippen molar-refractivity contribution in [1.82, 2.24) is 0 Å². The highest BCUT2D eigenvalue weighted by molar-refractivity contribution is 6.99. The molecule has 0 fully saturated rings. The highest BCUT2D eigenvalue weighted by atomic mass is 28.4. The largest absolute Gasteiger partial charge is 0.497 e. The van der Waals surface area contributed by atoms with Gasteiger partial charge in [-0.25, -0.2) is 0 Å². The zero-order chi connectivity index (χ0) is 23.5. The van der Waals surface area contributed by atoms with Crippen molar-refractivity contribution in [2.45, 2.75) is 31.9 Å². The SMILES string of the molecule is COc1ccc(C=C2C(=O)C=CC2O[Si](c2ccccc2)(c2ccccc2)C(C)(C)C)cc1. The van der Waals surface area contributed by atoms with Crippen LogP contribution in [0.25, 0.3) is 6.08 Å². The van der Waals surface area contributed by atoms with Crippen molar-refractivity contribution in [2.24, 2.45) is 0 Å². The molecule has 3 aromatic carbocycles. The van der Waals surface area contributed by atoms with Crippen molar-refractivity contribution in [3.63, 3.8) is 0 Å². The van der Waals surface area contributed by atoms with Crippen LogP contribution in [0.2, 0.25) is 5.04 Å². The summed E-state index contributed by atoms with van der Waals surface area (Å²) >= 11 is 0. The highest BCUT2D eigenvalue weighted by Crippen LogP contribution is 2.39. The summed E-state index contributed by atoms with van der Waals surface area (Å²) in [6.45, 7) is 6.73. The van der Waals surface area contributed by atoms with Crippen LogP contribution in [0.1, 0.15) is 26.3 Å². The van der Waals surface area contributed by atoms with E-state index >= 15 is 0 Å². The van der Waals surface area contributed by atoms with Crippen LogP contribution in [0, 0.1) is 0 Å². The second kappa shape index (κ2) is 9.34. The Morgan fingerprint density at radius 1 is 0.818 bits per heavy atom. The molecule has 3 aromatic rings. The van der Waals surface area contributed by atoms with E-state index in [4.69, 9.17) is 9.16 Å². The number of ketones is 1.